The van der Waals surface area contributed by atoms with E-state index in [1.165, 1.54) is 113 Å². The van der Waals surface area contributed by atoms with E-state index in [1.807, 2.05) is 0 Å². The van der Waals surface area contributed by atoms with Crippen LogP contribution in [0.25, 0.3) is 0 Å². The van der Waals surface area contributed by atoms with E-state index >= 15 is 0 Å². The van der Waals surface area contributed by atoms with Crippen LogP contribution in [0, 0.1) is 13.8 Å². The molecule has 12 rings (SSSR count). The topological polar surface area (TPSA) is 9.72 Å². The summed E-state index contributed by atoms with van der Waals surface area (Å²) in [5, 5.41) is 0. The highest BCUT2D eigenvalue weighted by atomic mass is 15.2. The summed E-state index contributed by atoms with van der Waals surface area (Å²) in [7, 11) is 0. The van der Waals surface area contributed by atoms with Crippen LogP contribution in [0.5, 0.6) is 0 Å². The predicted molar refractivity (Wildman–Crippen MR) is 325 cm³/mol. The number of hydrogen-bond acceptors (Lipinski definition) is 3. The molecule has 3 nitrogen and oxygen atoms in total. The number of rotatable bonds is 5. The molecular weight excluding hydrogens is 906 g/mol. The average Bonchev–Trinajstić information content (AvgIpc) is 3.53. The first kappa shape index (κ1) is 49.9. The van der Waals surface area contributed by atoms with E-state index in [0.29, 0.717) is 0 Å². The Morgan fingerprint density at radius 3 is 1.47 bits per heavy atom. The molecule has 0 saturated carbocycles. The van der Waals surface area contributed by atoms with Crippen molar-refractivity contribution in [2.75, 3.05) is 14.7 Å². The van der Waals surface area contributed by atoms with Gasteiger partial charge in [-0.2, -0.15) is 0 Å². The first-order valence-electron chi connectivity index (χ1n) is 28.4. The number of aryl methyl sites for hydroxylation is 1. The van der Waals surface area contributed by atoms with Gasteiger partial charge in [0.15, 0.2) is 0 Å². The average molecular weight is 988 g/mol. The molecule has 2 heterocycles. The molecule has 7 aromatic carbocycles. The molecule has 0 fully saturated rings. The fraction of sp³-hybridized carbons (Fsp3) is 0.408. The van der Waals surface area contributed by atoms with Crippen molar-refractivity contribution < 1.29 is 0 Å². The second kappa shape index (κ2) is 16.3. The standard InChI is InChI=1S/C71H82BN3/c1-44-36-51-53(68(10,11)33-32-67(51,8)9)41-58(44)75-59-37-46(65(3,4)5)28-30-55(59)72-56-40-52-54(71(16,17)43-70(52,14)15)42-60(56)74(57-31-29-50-63(45(57)2)69(12,13)35-34-66(50,6)7)61-38-49(39-62(75)64(61)72)73(47-24-20-18-21-25-47)48-26-22-19-23-27-48/h18-31,36-42H,32-35,43H2,1-17H3. The van der Waals surface area contributed by atoms with Gasteiger partial charge in [0.1, 0.15) is 0 Å². The van der Waals surface area contributed by atoms with Crippen LogP contribution in [0.2, 0.25) is 0 Å². The zero-order valence-corrected chi connectivity index (χ0v) is 48.6. The van der Waals surface area contributed by atoms with Crippen molar-refractivity contribution in [1.82, 2.24) is 0 Å². The van der Waals surface area contributed by atoms with Gasteiger partial charge in [-0.25, -0.2) is 0 Å². The van der Waals surface area contributed by atoms with Crippen molar-refractivity contribution in [3.05, 3.63) is 177 Å². The Morgan fingerprint density at radius 2 is 0.893 bits per heavy atom. The van der Waals surface area contributed by atoms with E-state index in [1.54, 1.807) is 0 Å². The molecule has 0 spiro atoms. The second-order valence-electron chi connectivity index (χ2n) is 28.8. The van der Waals surface area contributed by atoms with E-state index < -0.39 is 0 Å². The Kier molecular flexibility index (Phi) is 10.8. The largest absolute Gasteiger partial charge is 0.311 e. The number of anilines is 9. The molecular formula is C71H82BN3. The smallest absolute Gasteiger partial charge is 0.252 e. The molecule has 7 aromatic rings. The highest BCUT2D eigenvalue weighted by Gasteiger charge is 2.50. The summed E-state index contributed by atoms with van der Waals surface area (Å²) >= 11 is 0. The quantitative estimate of drug-likeness (QED) is 0.159. The van der Waals surface area contributed by atoms with Crippen molar-refractivity contribution in [3.63, 3.8) is 0 Å². The number of benzene rings is 7. The highest BCUT2D eigenvalue weighted by molar-refractivity contribution is 7.00. The zero-order chi connectivity index (χ0) is 53.3. The molecule has 5 aliphatic rings. The summed E-state index contributed by atoms with van der Waals surface area (Å²) in [6, 6.07) is 50.5. The summed E-state index contributed by atoms with van der Waals surface area (Å²) in [5.74, 6) is 0. The van der Waals surface area contributed by atoms with Crippen LogP contribution in [-0.2, 0) is 37.9 Å². The molecule has 0 aromatic heterocycles. The fourth-order valence-electron chi connectivity index (χ4n) is 15.4. The summed E-state index contributed by atoms with van der Waals surface area (Å²) in [6.45, 7) is 41.8. The molecule has 0 atom stereocenters. The van der Waals surface area contributed by atoms with Gasteiger partial charge in [-0.1, -0.05) is 171 Å². The van der Waals surface area contributed by atoms with Crippen LogP contribution in [-0.4, -0.2) is 6.71 Å². The monoisotopic (exact) mass is 988 g/mol. The molecule has 0 amide bonds. The van der Waals surface area contributed by atoms with Crippen LogP contribution in [0.15, 0.2) is 127 Å². The normalized spacial score (nSPS) is 19.6. The summed E-state index contributed by atoms with van der Waals surface area (Å²) < 4.78 is 0. The molecule has 384 valence electrons. The van der Waals surface area contributed by atoms with Gasteiger partial charge in [0.2, 0.25) is 0 Å². The first-order valence-corrected chi connectivity index (χ1v) is 28.4. The van der Waals surface area contributed by atoms with Crippen LogP contribution in [0.3, 0.4) is 0 Å². The van der Waals surface area contributed by atoms with Gasteiger partial charge in [0, 0.05) is 45.5 Å². The lowest BCUT2D eigenvalue weighted by atomic mass is 9.33. The summed E-state index contributed by atoms with van der Waals surface area (Å²) in [5.41, 5.74) is 28.6. The predicted octanol–water partition coefficient (Wildman–Crippen LogP) is 17.8. The fourth-order valence-corrected chi connectivity index (χ4v) is 15.4. The van der Waals surface area contributed by atoms with Crippen LogP contribution < -0.4 is 31.1 Å². The summed E-state index contributed by atoms with van der Waals surface area (Å²) in [6.07, 6.45) is 5.80. The molecule has 0 radical (unpaired) electrons. The molecule has 0 saturated heterocycles. The Bertz CT molecular complexity index is 3450. The SMILES string of the molecule is Cc1cc2c(cc1N1c3cc(C(C)(C)C)ccc3B3c4cc5c(cc4N(c4ccc6c(c4C)C(C)(C)CCC6(C)C)c4cc(N(c6ccccc6)c6ccccc6)cc1c43)C(C)(C)CC5(C)C)C(C)(C)CCC2(C)C. The van der Waals surface area contributed by atoms with Crippen LogP contribution >= 0.6 is 0 Å². The number of hydrogen-bond donors (Lipinski definition) is 0. The Balaban J connectivity index is 1.27. The molecule has 0 N–H and O–H groups in total. The molecule has 2 aliphatic heterocycles. The molecule has 0 bridgehead atoms. The van der Waals surface area contributed by atoms with Crippen molar-refractivity contribution in [2.45, 2.75) is 188 Å². The number of nitrogens with zero attached hydrogens (tertiary/aromatic N) is 3. The number of fused-ring (bicyclic) bond motifs is 7. The third-order valence-corrected chi connectivity index (χ3v) is 19.6. The van der Waals surface area contributed by atoms with Crippen molar-refractivity contribution in [1.29, 1.82) is 0 Å². The Morgan fingerprint density at radius 1 is 0.413 bits per heavy atom. The maximum absolute atomic E-state index is 2.76. The van der Waals surface area contributed by atoms with Gasteiger partial charge < -0.3 is 14.7 Å². The molecule has 3 aliphatic carbocycles. The lowest BCUT2D eigenvalue weighted by Gasteiger charge is -2.48. The van der Waals surface area contributed by atoms with Crippen molar-refractivity contribution in [3.8, 4) is 0 Å². The van der Waals surface area contributed by atoms with Gasteiger partial charge in [0.05, 0.1) is 5.69 Å². The third-order valence-electron chi connectivity index (χ3n) is 19.6. The Hall–Kier alpha value is -6.00. The van der Waals surface area contributed by atoms with Gasteiger partial charge >= 0.3 is 0 Å². The molecule has 4 heteroatoms. The van der Waals surface area contributed by atoms with E-state index in [4.69, 9.17) is 0 Å². The van der Waals surface area contributed by atoms with Crippen molar-refractivity contribution >= 4 is 74.3 Å². The van der Waals surface area contributed by atoms with Crippen molar-refractivity contribution in [2.24, 2.45) is 0 Å². The van der Waals surface area contributed by atoms with E-state index in [2.05, 4.69) is 260 Å². The molecule has 0 unspecified atom stereocenters. The first-order chi connectivity index (χ1) is 35.1. The minimum absolute atomic E-state index is 0.0103. The third kappa shape index (κ3) is 7.56. The number of para-hydroxylation sites is 2. The van der Waals surface area contributed by atoms with Gasteiger partial charge in [-0.05, 0) is 211 Å². The summed E-state index contributed by atoms with van der Waals surface area (Å²) in [4.78, 5) is 8.00. The van der Waals surface area contributed by atoms with Gasteiger partial charge in [-0.15, -0.1) is 0 Å². The molecule has 75 heavy (non-hydrogen) atoms. The van der Waals surface area contributed by atoms with Gasteiger partial charge in [0.25, 0.3) is 6.71 Å². The highest BCUT2D eigenvalue weighted by Crippen LogP contribution is 2.57. The van der Waals surface area contributed by atoms with E-state index in [0.717, 1.165) is 36.3 Å². The maximum atomic E-state index is 2.76. The lowest BCUT2D eigenvalue weighted by Crippen LogP contribution is -2.61. The second-order valence-corrected chi connectivity index (χ2v) is 28.8. The van der Waals surface area contributed by atoms with E-state index in [-0.39, 0.29) is 44.6 Å². The Labute approximate surface area is 451 Å². The van der Waals surface area contributed by atoms with Gasteiger partial charge in [-0.3, -0.25) is 0 Å². The zero-order valence-electron chi connectivity index (χ0n) is 48.6. The maximum Gasteiger partial charge on any atom is 0.252 e. The van der Waals surface area contributed by atoms with Crippen LogP contribution in [0.1, 0.15) is 186 Å². The van der Waals surface area contributed by atoms with Crippen LogP contribution in [0.4, 0.5) is 51.2 Å². The van der Waals surface area contributed by atoms with E-state index in [9.17, 15) is 0 Å². The minimum atomic E-state index is -0.0632. The minimum Gasteiger partial charge on any atom is -0.311 e. The lowest BCUT2D eigenvalue weighted by molar-refractivity contribution is 0.330.